The van der Waals surface area contributed by atoms with Crippen LogP contribution in [-0.4, -0.2) is 24.7 Å². The van der Waals surface area contributed by atoms with Crippen molar-refractivity contribution in [1.29, 1.82) is 0 Å². The SMILES string of the molecule is Cc1ccc(-c2ccc3c(c2)oc2c(-c4nc5ccnnc5n4-c4c(C(C)C)cccc4C(C)C)[c-]ccc23)cc1.[2H]C([2H])([2H])c1c[c-]c(-c2ccc(C(C)(C)C)cn2)c(F)c1.[Ir]. The molecule has 0 N–H and O–H groups in total. The van der Waals surface area contributed by atoms with E-state index in [0.717, 1.165) is 72.9 Å². The van der Waals surface area contributed by atoms with Gasteiger partial charge in [0.2, 0.25) is 0 Å². The summed E-state index contributed by atoms with van der Waals surface area (Å²) in [7, 11) is 0. The maximum Gasteiger partial charge on any atom is 0.178 e. The van der Waals surface area contributed by atoms with Gasteiger partial charge in [-0.05, 0) is 69.8 Å². The van der Waals surface area contributed by atoms with E-state index in [4.69, 9.17) is 13.5 Å². The first-order valence-corrected chi connectivity index (χ1v) is 20.0. The van der Waals surface area contributed by atoms with E-state index in [2.05, 4.69) is 154 Å². The van der Waals surface area contributed by atoms with Crippen LogP contribution in [0.1, 0.15) is 92.2 Å². The number of benzene rings is 5. The van der Waals surface area contributed by atoms with Gasteiger partial charge in [-0.15, -0.1) is 47.1 Å². The van der Waals surface area contributed by atoms with Crippen LogP contribution in [0.3, 0.4) is 0 Å². The molecule has 5 aromatic carbocycles. The molecule has 0 aliphatic carbocycles. The predicted molar refractivity (Wildman–Crippen MR) is 238 cm³/mol. The molecule has 0 saturated heterocycles. The fourth-order valence-electron chi connectivity index (χ4n) is 7.46. The van der Waals surface area contributed by atoms with Crippen LogP contribution in [0.4, 0.5) is 4.39 Å². The largest absolute Gasteiger partial charge is 0.501 e. The van der Waals surface area contributed by atoms with Crippen molar-refractivity contribution in [3.8, 4) is 39.5 Å². The average Bonchev–Trinajstić information content (AvgIpc) is 3.81. The maximum atomic E-state index is 14.1. The molecule has 60 heavy (non-hydrogen) atoms. The predicted octanol–water partition coefficient (Wildman–Crippen LogP) is 13.7. The Morgan fingerprint density at radius 1 is 0.800 bits per heavy atom. The Labute approximate surface area is 369 Å². The van der Waals surface area contributed by atoms with E-state index < -0.39 is 12.7 Å². The van der Waals surface area contributed by atoms with Gasteiger partial charge in [0.25, 0.3) is 0 Å². The maximum absolute atomic E-state index is 14.1. The van der Waals surface area contributed by atoms with Gasteiger partial charge in [0, 0.05) is 47.3 Å². The molecule has 6 nitrogen and oxygen atoms in total. The van der Waals surface area contributed by atoms with Gasteiger partial charge in [0.05, 0.1) is 17.6 Å². The van der Waals surface area contributed by atoms with Crippen LogP contribution in [0.15, 0.2) is 120 Å². The first-order valence-electron chi connectivity index (χ1n) is 21.5. The Kier molecular flexibility index (Phi) is 10.9. The van der Waals surface area contributed by atoms with Crippen LogP contribution in [-0.2, 0) is 25.5 Å². The second-order valence-electron chi connectivity index (χ2n) is 16.7. The van der Waals surface area contributed by atoms with Crippen molar-refractivity contribution in [2.24, 2.45) is 0 Å². The van der Waals surface area contributed by atoms with Crippen LogP contribution in [0.25, 0.3) is 72.6 Å². The summed E-state index contributed by atoms with van der Waals surface area (Å²) < 4.78 is 44.7. The minimum Gasteiger partial charge on any atom is -0.501 e. The molecule has 0 bridgehead atoms. The Morgan fingerprint density at radius 3 is 2.18 bits per heavy atom. The molecule has 0 amide bonds. The van der Waals surface area contributed by atoms with Crippen molar-refractivity contribution >= 4 is 33.1 Å². The molecule has 8 heteroatoms. The van der Waals surface area contributed by atoms with Crippen molar-refractivity contribution < 1.29 is 33.0 Å². The molecule has 0 saturated carbocycles. The van der Waals surface area contributed by atoms with Crippen molar-refractivity contribution in [3.63, 3.8) is 0 Å². The van der Waals surface area contributed by atoms with E-state index in [-0.39, 0.29) is 36.6 Å². The van der Waals surface area contributed by atoms with Crippen molar-refractivity contribution in [2.75, 3.05) is 0 Å². The quantitative estimate of drug-likeness (QED) is 0.155. The third-order valence-electron chi connectivity index (χ3n) is 10.7. The molecule has 0 fully saturated rings. The number of halogens is 1. The molecule has 0 unspecified atom stereocenters. The summed E-state index contributed by atoms with van der Waals surface area (Å²) in [5.74, 6) is 0.729. The van der Waals surface area contributed by atoms with Gasteiger partial charge in [-0.1, -0.05) is 144 Å². The Balaban J connectivity index is 0.000000229. The molecular formula is C52H48FIrN5O-2. The molecule has 0 aliphatic rings. The van der Waals surface area contributed by atoms with Gasteiger partial charge < -0.3 is 14.0 Å². The van der Waals surface area contributed by atoms with Gasteiger partial charge in [-0.3, -0.25) is 9.37 Å². The minimum absolute atomic E-state index is 0. The number of furan rings is 1. The number of aryl methyl sites for hydroxylation is 2. The molecule has 9 aromatic rings. The zero-order valence-corrected chi connectivity index (χ0v) is 37.4. The molecule has 4 aromatic heterocycles. The summed E-state index contributed by atoms with van der Waals surface area (Å²) in [5, 5.41) is 10.9. The van der Waals surface area contributed by atoms with Crippen molar-refractivity contribution in [3.05, 3.63) is 161 Å². The molecule has 305 valence electrons. The standard InChI is InChI=1S/C36H31N4O.C16H17FN.Ir/c1-21(2)26-8-6-9-27(22(3)4)33(26)40-35(38-31-18-19-37-39-36(31)40)30-11-7-10-29-28-17-16-25(20-32(28)41-34(29)30)24-14-12-23(5)13-15-24;1-11-5-7-13(14(17)9-11)15-8-6-12(10-18-15)16(2,3)4;/h6-10,12-22H,1-5H3;5-6,8-10H,1-4H3;/q2*-1;/i;1D3;. The van der Waals surface area contributed by atoms with E-state index in [1.807, 2.05) is 18.2 Å². The number of imidazole rings is 1. The smallest absolute Gasteiger partial charge is 0.178 e. The average molecular weight is 973 g/mol. The van der Waals surface area contributed by atoms with Gasteiger partial charge >= 0.3 is 0 Å². The number of nitrogens with zero attached hydrogens (tertiary/aromatic N) is 5. The topological polar surface area (TPSA) is 69.6 Å². The molecular weight excluding hydrogens is 922 g/mol. The third-order valence-corrected chi connectivity index (χ3v) is 10.7. The van der Waals surface area contributed by atoms with Crippen LogP contribution < -0.4 is 0 Å². The van der Waals surface area contributed by atoms with Crippen LogP contribution in [0, 0.1) is 31.7 Å². The Bertz CT molecular complexity index is 3050. The van der Waals surface area contributed by atoms with E-state index in [1.165, 1.54) is 22.8 Å². The molecule has 1 radical (unpaired) electrons. The van der Waals surface area contributed by atoms with Gasteiger partial charge in [-0.2, -0.15) is 5.10 Å². The number of aromatic nitrogens is 5. The van der Waals surface area contributed by atoms with Crippen molar-refractivity contribution in [2.45, 2.75) is 79.5 Å². The molecule has 4 heterocycles. The summed E-state index contributed by atoms with van der Waals surface area (Å²) in [6.45, 7) is 14.9. The fourth-order valence-corrected chi connectivity index (χ4v) is 7.46. The Hall–Kier alpha value is -5.82. The summed E-state index contributed by atoms with van der Waals surface area (Å²) >= 11 is 0. The van der Waals surface area contributed by atoms with E-state index in [1.54, 1.807) is 18.5 Å². The summed E-state index contributed by atoms with van der Waals surface area (Å²) in [5.41, 5.74) is 12.6. The van der Waals surface area contributed by atoms with Crippen LogP contribution >= 0.6 is 0 Å². The fraction of sp³-hybridized carbons (Fsp3) is 0.231. The second kappa shape index (κ2) is 17.0. The zero-order valence-electron chi connectivity index (χ0n) is 38.0. The molecule has 0 atom stereocenters. The van der Waals surface area contributed by atoms with Crippen molar-refractivity contribution in [1.82, 2.24) is 24.7 Å². The van der Waals surface area contributed by atoms with E-state index in [9.17, 15) is 4.39 Å². The number of rotatable bonds is 6. The van der Waals surface area contributed by atoms with E-state index >= 15 is 0 Å². The molecule has 0 spiro atoms. The third kappa shape index (κ3) is 8.19. The Morgan fingerprint density at radius 2 is 1.53 bits per heavy atom. The van der Waals surface area contributed by atoms with Gasteiger partial charge in [0.1, 0.15) is 11.1 Å². The van der Waals surface area contributed by atoms with Crippen LogP contribution in [0.2, 0.25) is 0 Å². The van der Waals surface area contributed by atoms with Gasteiger partial charge in [0.15, 0.2) is 5.65 Å². The zero-order chi connectivity index (χ0) is 44.1. The first-order chi connectivity index (χ1) is 29.5. The molecule has 9 rings (SSSR count). The first kappa shape index (κ1) is 38.4. The monoisotopic (exact) mass is 973 g/mol. The summed E-state index contributed by atoms with van der Waals surface area (Å²) in [6.07, 6.45) is 3.40. The van der Waals surface area contributed by atoms with E-state index in [0.29, 0.717) is 17.5 Å². The second-order valence-corrected chi connectivity index (χ2v) is 16.7. The summed E-state index contributed by atoms with van der Waals surface area (Å²) in [6, 6.07) is 39.7. The minimum atomic E-state index is -2.33. The van der Waals surface area contributed by atoms with Crippen LogP contribution in [0.5, 0.6) is 0 Å². The number of pyridine rings is 1. The normalized spacial score (nSPS) is 12.6. The number of fused-ring (bicyclic) bond motifs is 4. The number of para-hydroxylation sites is 1. The molecule has 0 aliphatic heterocycles. The summed E-state index contributed by atoms with van der Waals surface area (Å²) in [4.78, 5) is 9.38. The van der Waals surface area contributed by atoms with Gasteiger partial charge in [-0.25, -0.2) is 0 Å². The number of hydrogen-bond donors (Lipinski definition) is 0. The number of hydrogen-bond acceptors (Lipinski definition) is 5.